The monoisotopic (exact) mass is 2200 g/mol. The average molecular weight is 2200 g/mol. The van der Waals surface area contributed by atoms with E-state index in [0.717, 1.165) is 17.7 Å². The fraction of sp³-hybridized carbons (Fsp3) is 0.609. The highest BCUT2D eigenvalue weighted by atomic mass is 35.5. The third-order valence-electron chi connectivity index (χ3n) is 16.5. The zero-order valence-corrected chi connectivity index (χ0v) is 78.8. The van der Waals surface area contributed by atoms with Crippen molar-refractivity contribution in [2.75, 3.05) is 44.5 Å². The van der Waals surface area contributed by atoms with Gasteiger partial charge in [0.1, 0.15) is 79.7 Å². The SMILES string of the molecule is CCOc1nc(C)nc2c1ncn2[C@@H]1O[C@H](COP(=O)(O)OP(=O)(O)OP(=O)(O)O)[C@@H](O)[C@@]1(C)Cl.C[C@@]1(Cl)[C@H](O)[C@@H](COP(=O)(O)OP(=O)(O)OP(=O)(O)O)O[C@H]1n1cc(F)c(=O)[nH]c1=O.C[C@@]1(Cl)[C@H](O)[C@@H](COP(=O)(O)OP(=O)(O)OP(=O)(O)O)O[C@H]1n1cnc2c(N)nc(N)nc21.Cc1cn([C@@H]2O[C@H](COP(=O)(O)OP(=O)(O)OP(=O)(O)O)[C@@H](O)[C@@]2(C)Cl)c(=O)[nH]c1=O. The number of halogens is 5. The van der Waals surface area contributed by atoms with Crippen LogP contribution in [0.3, 0.4) is 0 Å². The van der Waals surface area contributed by atoms with E-state index in [1.165, 1.54) is 49.5 Å². The number of nitrogens with zero attached hydrogens (tertiary/aromatic N) is 10. The third kappa shape index (κ3) is 30.4. The highest BCUT2D eigenvalue weighted by Crippen LogP contribution is 2.70. The van der Waals surface area contributed by atoms with Crippen LogP contribution >= 0.6 is 140 Å². The van der Waals surface area contributed by atoms with Gasteiger partial charge in [0.15, 0.2) is 47.5 Å². The van der Waals surface area contributed by atoms with Gasteiger partial charge in [-0.1, -0.05) is 0 Å². The van der Waals surface area contributed by atoms with Crippen LogP contribution < -0.4 is 38.7 Å². The summed E-state index contributed by atoms with van der Waals surface area (Å²) >= 11 is 25.4. The lowest BCUT2D eigenvalue weighted by Crippen LogP contribution is -2.43. The normalized spacial score (nSPS) is 29.9. The van der Waals surface area contributed by atoms with Crippen LogP contribution in [0.2, 0.25) is 0 Å². The molecule has 6 aromatic heterocycles. The van der Waals surface area contributed by atoms with Crippen molar-refractivity contribution >= 4 is 174 Å². The van der Waals surface area contributed by atoms with Crippen molar-refractivity contribution in [1.29, 1.82) is 0 Å². The Hall–Kier alpha value is -3.73. The van der Waals surface area contributed by atoms with E-state index in [4.69, 9.17) is 130 Å². The van der Waals surface area contributed by atoms with Crippen LogP contribution in [0.5, 0.6) is 5.88 Å². The van der Waals surface area contributed by atoms with Gasteiger partial charge < -0.3 is 134 Å². The lowest BCUT2D eigenvalue weighted by Gasteiger charge is -2.26. The van der Waals surface area contributed by atoms with Gasteiger partial charge in [-0.05, 0) is 48.5 Å². The Morgan fingerprint density at radius 3 is 1.02 bits per heavy atom. The number of H-pyrrole nitrogens is 2. The molecule has 4 aliphatic heterocycles. The first-order valence-corrected chi connectivity index (χ1v) is 53.3. The van der Waals surface area contributed by atoms with E-state index in [-0.39, 0.29) is 40.0 Å². The second-order valence-corrected chi connectivity index (χ2v) is 47.7. The molecule has 0 radical (unpaired) electrons. The number of aromatic nitrogens is 12. The smallest absolute Gasteiger partial charge is 0.476 e. The number of nitrogen functional groups attached to an aromatic ring is 2. The fourth-order valence-corrected chi connectivity index (χ4v) is 24.5. The molecule has 4 saturated heterocycles. The Morgan fingerprint density at radius 1 is 0.423 bits per heavy atom. The second kappa shape index (κ2) is 41.4. The van der Waals surface area contributed by atoms with Crippen LogP contribution in [-0.4, -0.2) is 258 Å². The number of phosphoric acid groups is 12. The van der Waals surface area contributed by atoms with E-state index in [9.17, 15) is 128 Å². The van der Waals surface area contributed by atoms with Crippen molar-refractivity contribution in [3.63, 3.8) is 0 Å². The number of hydrogen-bond acceptors (Lipinski definition) is 45. The van der Waals surface area contributed by atoms with E-state index in [1.54, 1.807) is 18.8 Å². The highest BCUT2D eigenvalue weighted by Gasteiger charge is 2.59. The average Bonchev–Trinajstić information content (AvgIpc) is 1.59. The number of aliphatic hydroxyl groups excluding tert-OH is 4. The van der Waals surface area contributed by atoms with Crippen LogP contribution in [0.4, 0.5) is 16.2 Å². The topological polar surface area (TPSA) is 1020 Å². The summed E-state index contributed by atoms with van der Waals surface area (Å²) in [6.07, 6.45) is -13.6. The van der Waals surface area contributed by atoms with Gasteiger partial charge in [-0.25, -0.2) is 79.3 Å². The molecule has 10 heterocycles. The maximum atomic E-state index is 13.5. The number of ether oxygens (including phenoxy) is 5. The van der Waals surface area contributed by atoms with E-state index in [1.807, 2.05) is 4.98 Å². The van der Waals surface area contributed by atoms with Crippen molar-refractivity contribution < 1.29 is 234 Å². The standard InChI is InChI=1S/C14H22ClN4O13P3.C11H18ClN6O12P3.C11H18ClN2O14P3.C10H15ClFN2O14P3/c1-4-28-12-9-11(17-7(2)18-12)19(6-16-9)13-14(3,15)10(20)8(30-13)5-29-34(24,25)32-35(26,27)31-33(21,22)23;1-11(12)6(19)4(2-27-32(23,24)30-33(25,26)29-31(20,21)22)28-9(11)18-3-15-5-7(13)16-10(14)17-8(5)18;1-5-3-14(10(17)13-8(5)16)9-11(2,12)7(15)6(26-9)4-25-30(21,22)28-31(23,24)27-29(18,19)20;1-10(11)6(15)5(26-8(10)14-2-4(12)7(16)13-9(14)17)3-25-30(21,22)28-31(23,24)27-29(18,19)20/h6,8,10,13,20H,4-5H2,1-3H3,(H,24,25)(H,26,27)(H2,21,22,23);3-4,6,9,19H,2H2,1H3,(H,23,24)(H,25,26)(H2,20,21,22)(H4,13,14,16,17);3,6-7,9,15H,4H2,1-2H3,(H,21,22)(H,23,24)(H,13,16,17)(H2,18,19,20);2,5-6,8,15H,3H2,1H3,(H,21,22)(H,23,24)(H,13,16,17)(H2,18,19,20)/t8-,10-,13-,14-;4-,6-,9-,11-;6-,7-,9-,11-;5-,6-,8-,10-/m1111/s1. The number of alkyl halides is 4. The van der Waals surface area contributed by atoms with E-state index in [2.05, 4.69) is 82.5 Å². The molecule has 0 aromatic carbocycles. The zero-order chi connectivity index (χ0) is 99.4. The Kier molecular flexibility index (Phi) is 36.0. The van der Waals surface area contributed by atoms with Gasteiger partial charge in [-0.2, -0.15) is 53.8 Å². The van der Waals surface area contributed by atoms with Crippen LogP contribution in [-0.2, 0) is 126 Å². The zero-order valence-electron chi connectivity index (χ0n) is 65.1. The number of nitrogens with one attached hydrogen (secondary N) is 2. The summed E-state index contributed by atoms with van der Waals surface area (Å²) in [5.41, 5.74) is 8.20. The molecule has 4 fully saturated rings. The first-order chi connectivity index (χ1) is 58.6. The van der Waals surface area contributed by atoms with E-state index < -0.39 is 242 Å². The van der Waals surface area contributed by atoms with Crippen molar-refractivity contribution in [2.45, 2.75) is 142 Å². The third-order valence-corrected chi connectivity index (χ3v) is 33.3. The molecule has 0 aliphatic carbocycles. The summed E-state index contributed by atoms with van der Waals surface area (Å²) in [6.45, 7) is 6.39. The molecule has 6 aromatic rings. The molecule has 0 amide bonds. The molecule has 84 heteroatoms. The van der Waals surface area contributed by atoms with E-state index in [0.29, 0.717) is 28.7 Å². The number of hydrogen-bond donors (Lipinski definition) is 24. The molecule has 0 saturated carbocycles. The number of phosphoric ester groups is 4. The van der Waals surface area contributed by atoms with Gasteiger partial charge >= 0.3 is 105 Å². The van der Waals surface area contributed by atoms with Gasteiger partial charge in [-0.15, -0.1) is 46.4 Å². The first kappa shape index (κ1) is 113. The molecule has 8 unspecified atom stereocenters. The summed E-state index contributed by atoms with van der Waals surface area (Å²) < 4.78 is 227. The Labute approximate surface area is 739 Å². The number of aryl methyl sites for hydroxylation is 2. The van der Waals surface area contributed by atoms with Crippen molar-refractivity contribution in [1.82, 2.24) is 58.1 Å². The lowest BCUT2D eigenvalue weighted by atomic mass is 10.0. The van der Waals surface area contributed by atoms with Crippen LogP contribution in [0.1, 0.15) is 70.9 Å². The molecule has 10 rings (SSSR count). The molecule has 0 bridgehead atoms. The predicted molar refractivity (Wildman–Crippen MR) is 419 cm³/mol. The minimum Gasteiger partial charge on any atom is -0.476 e. The Morgan fingerprint density at radius 2 is 0.708 bits per heavy atom. The molecule has 0 spiro atoms. The molecule has 130 heavy (non-hydrogen) atoms. The van der Waals surface area contributed by atoms with Crippen LogP contribution in [0, 0.1) is 19.7 Å². The van der Waals surface area contributed by atoms with Crippen LogP contribution in [0.25, 0.3) is 22.3 Å². The van der Waals surface area contributed by atoms with Crippen molar-refractivity contribution in [2.24, 2.45) is 0 Å². The fourth-order valence-electron chi connectivity index (χ4n) is 11.2. The quantitative estimate of drug-likeness (QED) is 0.0178. The number of aromatic amines is 2. The summed E-state index contributed by atoms with van der Waals surface area (Å²) in [4.78, 5) is 211. The van der Waals surface area contributed by atoms with Gasteiger partial charge in [0.2, 0.25) is 17.6 Å². The lowest BCUT2D eigenvalue weighted by molar-refractivity contribution is -0.0464. The molecule has 24 atom stereocenters. The highest BCUT2D eigenvalue weighted by molar-refractivity contribution is 7.68. The van der Waals surface area contributed by atoms with Crippen molar-refractivity contribution in [3.8, 4) is 5.88 Å². The van der Waals surface area contributed by atoms with Gasteiger partial charge in [0.25, 0.3) is 11.1 Å². The molecular formula is C46H73Cl4FN14O53P12. The van der Waals surface area contributed by atoms with Crippen LogP contribution in [0.15, 0.2) is 44.2 Å². The number of aliphatic hydroxyl groups is 4. The minimum atomic E-state index is -5.77. The van der Waals surface area contributed by atoms with Gasteiger partial charge in [0, 0.05) is 11.8 Å². The van der Waals surface area contributed by atoms with Gasteiger partial charge in [0.05, 0.1) is 51.9 Å². The predicted octanol–water partition coefficient (Wildman–Crippen LogP) is -0.559. The summed E-state index contributed by atoms with van der Waals surface area (Å²) in [6, 6.07) is 0. The molecule has 67 nitrogen and oxygen atoms in total. The minimum absolute atomic E-state index is 0.0321. The van der Waals surface area contributed by atoms with E-state index >= 15 is 0 Å². The maximum absolute atomic E-state index is 13.5. The number of rotatable bonds is 34. The van der Waals surface area contributed by atoms with Gasteiger partial charge in [-0.3, -0.25) is 55.9 Å². The largest absolute Gasteiger partial charge is 0.490 e. The molecule has 740 valence electrons. The Bertz CT molecular complexity index is 5890. The number of imidazole rings is 2. The number of nitrogens with two attached hydrogens (primary N) is 2. The summed E-state index contributed by atoms with van der Waals surface area (Å²) in [5, 5.41) is 41.9. The maximum Gasteiger partial charge on any atom is 0.490 e. The summed E-state index contributed by atoms with van der Waals surface area (Å²) in [7, 11) is -67.0. The van der Waals surface area contributed by atoms with Crippen molar-refractivity contribution in [3.05, 3.63) is 83.9 Å². The summed E-state index contributed by atoms with van der Waals surface area (Å²) in [5.74, 6) is -1.03. The first-order valence-electron chi connectivity index (χ1n) is 33.7. The molecule has 4 aliphatic rings. The Balaban J connectivity index is 0.000000237. The molecular weight excluding hydrogens is 2130 g/mol. The number of anilines is 2. The molecule has 26 N–H and O–H groups in total. The number of fused-ring (bicyclic) bond motifs is 2. The second-order valence-electron chi connectivity index (χ2n) is 26.8.